The number of carboxylic acid groups (broad SMARTS) is 1. The van der Waals surface area contributed by atoms with Gasteiger partial charge in [-0.25, -0.2) is 4.79 Å². The molecule has 2 bridgehead atoms. The molecule has 1 aromatic rings. The second kappa shape index (κ2) is 3.84. The standard InChI is InChI=1S/C12H13NO3S/c14-11(9-3-4-10(17-9)12(15)16)13-6-7-1-2-8(13)5-7/h3-4,7-8H,1-2,5-6H2,(H,15,16). The molecule has 0 radical (unpaired) electrons. The van der Waals surface area contributed by atoms with Gasteiger partial charge in [0.15, 0.2) is 0 Å². The Hall–Kier alpha value is -1.36. The first-order valence-corrected chi connectivity index (χ1v) is 6.61. The van der Waals surface area contributed by atoms with Gasteiger partial charge in [0.05, 0.1) is 4.88 Å². The van der Waals surface area contributed by atoms with Gasteiger partial charge in [-0.1, -0.05) is 0 Å². The van der Waals surface area contributed by atoms with Crippen molar-refractivity contribution >= 4 is 23.2 Å². The summed E-state index contributed by atoms with van der Waals surface area (Å²) in [5, 5.41) is 8.84. The summed E-state index contributed by atoms with van der Waals surface area (Å²) < 4.78 is 0. The number of hydrogen-bond acceptors (Lipinski definition) is 3. The molecule has 1 saturated carbocycles. The van der Waals surface area contributed by atoms with Gasteiger partial charge in [0.1, 0.15) is 4.88 Å². The van der Waals surface area contributed by atoms with E-state index < -0.39 is 5.97 Å². The molecule has 4 nitrogen and oxygen atoms in total. The van der Waals surface area contributed by atoms with E-state index in [1.54, 1.807) is 6.07 Å². The quantitative estimate of drug-likeness (QED) is 0.875. The maximum absolute atomic E-state index is 12.2. The first kappa shape index (κ1) is 10.8. The van der Waals surface area contributed by atoms with E-state index in [9.17, 15) is 9.59 Å². The maximum Gasteiger partial charge on any atom is 0.345 e. The summed E-state index contributed by atoms with van der Waals surface area (Å²) in [4.78, 5) is 25.7. The van der Waals surface area contributed by atoms with E-state index in [1.165, 1.54) is 12.5 Å². The molecule has 2 fully saturated rings. The third-order valence-corrected chi connectivity index (χ3v) is 4.76. The second-order valence-electron chi connectivity index (χ2n) is 4.76. The Morgan fingerprint density at radius 3 is 2.59 bits per heavy atom. The van der Waals surface area contributed by atoms with Gasteiger partial charge in [-0.15, -0.1) is 11.3 Å². The molecule has 2 aliphatic rings. The molecule has 1 aliphatic carbocycles. The molecule has 0 aromatic carbocycles. The summed E-state index contributed by atoms with van der Waals surface area (Å²) in [6.07, 6.45) is 3.47. The minimum Gasteiger partial charge on any atom is -0.477 e. The second-order valence-corrected chi connectivity index (χ2v) is 5.84. The van der Waals surface area contributed by atoms with Crippen LogP contribution in [0.15, 0.2) is 12.1 Å². The van der Waals surface area contributed by atoms with Crippen molar-refractivity contribution in [2.45, 2.75) is 25.3 Å². The highest BCUT2D eigenvalue weighted by Crippen LogP contribution is 2.38. The lowest BCUT2D eigenvalue weighted by Crippen LogP contribution is -2.37. The van der Waals surface area contributed by atoms with Crippen molar-refractivity contribution in [3.8, 4) is 0 Å². The minimum atomic E-state index is -0.961. The van der Waals surface area contributed by atoms with Crippen molar-refractivity contribution in [2.24, 2.45) is 5.92 Å². The van der Waals surface area contributed by atoms with Crippen LogP contribution in [0.4, 0.5) is 0 Å². The Kier molecular flexibility index (Phi) is 2.43. The monoisotopic (exact) mass is 251 g/mol. The number of hydrogen-bond donors (Lipinski definition) is 1. The molecular formula is C12H13NO3S. The van der Waals surface area contributed by atoms with Gasteiger partial charge in [0.2, 0.25) is 0 Å². The fourth-order valence-electron chi connectivity index (χ4n) is 2.88. The van der Waals surface area contributed by atoms with Crippen LogP contribution in [-0.2, 0) is 0 Å². The molecule has 17 heavy (non-hydrogen) atoms. The molecule has 2 unspecified atom stereocenters. The zero-order valence-electron chi connectivity index (χ0n) is 9.26. The zero-order valence-corrected chi connectivity index (χ0v) is 10.1. The summed E-state index contributed by atoms with van der Waals surface area (Å²) in [6.45, 7) is 0.851. The van der Waals surface area contributed by atoms with Gasteiger partial charge in [0, 0.05) is 12.6 Å². The number of nitrogens with zero attached hydrogens (tertiary/aromatic N) is 1. The highest BCUT2D eigenvalue weighted by atomic mass is 32.1. The summed E-state index contributed by atoms with van der Waals surface area (Å²) in [5.74, 6) is -0.283. The molecule has 5 heteroatoms. The molecule has 1 amide bonds. The van der Waals surface area contributed by atoms with E-state index in [0.29, 0.717) is 16.8 Å². The lowest BCUT2D eigenvalue weighted by molar-refractivity contribution is 0.0697. The maximum atomic E-state index is 12.2. The Labute approximate surface area is 103 Å². The fraction of sp³-hybridized carbons (Fsp3) is 0.500. The van der Waals surface area contributed by atoms with Gasteiger partial charge in [-0.2, -0.15) is 0 Å². The average molecular weight is 251 g/mol. The van der Waals surface area contributed by atoms with Crippen molar-refractivity contribution in [1.82, 2.24) is 4.90 Å². The average Bonchev–Trinajstić information content (AvgIpc) is 3.03. The Morgan fingerprint density at radius 2 is 2.06 bits per heavy atom. The first-order valence-electron chi connectivity index (χ1n) is 5.79. The third kappa shape index (κ3) is 1.74. The number of thiophene rings is 1. The van der Waals surface area contributed by atoms with Crippen molar-refractivity contribution in [3.05, 3.63) is 21.9 Å². The van der Waals surface area contributed by atoms with E-state index in [0.717, 1.165) is 30.7 Å². The normalized spacial score (nSPS) is 26.5. The molecule has 1 N–H and O–H groups in total. The van der Waals surface area contributed by atoms with E-state index >= 15 is 0 Å². The van der Waals surface area contributed by atoms with Gasteiger partial charge in [-0.3, -0.25) is 4.79 Å². The molecule has 2 atom stereocenters. The van der Waals surface area contributed by atoms with Crippen molar-refractivity contribution in [3.63, 3.8) is 0 Å². The van der Waals surface area contributed by atoms with E-state index in [4.69, 9.17) is 5.11 Å². The van der Waals surface area contributed by atoms with Gasteiger partial charge >= 0.3 is 5.97 Å². The van der Waals surface area contributed by atoms with E-state index in [-0.39, 0.29) is 10.8 Å². The van der Waals surface area contributed by atoms with Crippen LogP contribution in [0.5, 0.6) is 0 Å². The molecule has 1 aromatic heterocycles. The predicted octanol–water partition coefficient (Wildman–Crippen LogP) is 2.07. The molecule has 3 rings (SSSR count). The van der Waals surface area contributed by atoms with Crippen molar-refractivity contribution < 1.29 is 14.7 Å². The van der Waals surface area contributed by atoms with Crippen LogP contribution in [0.25, 0.3) is 0 Å². The summed E-state index contributed by atoms with van der Waals surface area (Å²) in [5.41, 5.74) is 0. The number of aromatic carboxylic acids is 1. The number of likely N-dealkylation sites (tertiary alicyclic amines) is 1. The molecule has 1 aliphatic heterocycles. The predicted molar refractivity (Wildman–Crippen MR) is 63.4 cm³/mol. The molecule has 1 saturated heterocycles. The van der Waals surface area contributed by atoms with Crippen LogP contribution in [0, 0.1) is 5.92 Å². The SMILES string of the molecule is O=C(O)c1ccc(C(=O)N2CC3CCC2C3)s1. The third-order valence-electron chi connectivity index (χ3n) is 3.70. The lowest BCUT2D eigenvalue weighted by Gasteiger charge is -2.26. The minimum absolute atomic E-state index is 0.00898. The molecular weight excluding hydrogens is 238 g/mol. The Bertz CT molecular complexity index is 482. The largest absolute Gasteiger partial charge is 0.477 e. The van der Waals surface area contributed by atoms with Crippen LogP contribution < -0.4 is 0 Å². The summed E-state index contributed by atoms with van der Waals surface area (Å²) in [6, 6.07) is 3.53. The Morgan fingerprint density at radius 1 is 1.29 bits per heavy atom. The highest BCUT2D eigenvalue weighted by molar-refractivity contribution is 7.15. The van der Waals surface area contributed by atoms with E-state index in [1.807, 2.05) is 4.90 Å². The topological polar surface area (TPSA) is 57.6 Å². The van der Waals surface area contributed by atoms with Crippen LogP contribution >= 0.6 is 11.3 Å². The number of fused-ring (bicyclic) bond motifs is 2. The molecule has 0 spiro atoms. The van der Waals surface area contributed by atoms with Crippen LogP contribution in [-0.4, -0.2) is 34.5 Å². The fourth-order valence-corrected chi connectivity index (χ4v) is 3.68. The van der Waals surface area contributed by atoms with Gasteiger partial charge in [-0.05, 0) is 37.3 Å². The first-order chi connectivity index (χ1) is 8.15. The molecule has 90 valence electrons. The highest BCUT2D eigenvalue weighted by Gasteiger charge is 2.40. The molecule has 2 heterocycles. The lowest BCUT2D eigenvalue weighted by atomic mass is 10.1. The van der Waals surface area contributed by atoms with Crippen LogP contribution in [0.2, 0.25) is 0 Å². The number of carbonyl (C=O) groups excluding carboxylic acids is 1. The van der Waals surface area contributed by atoms with Gasteiger partial charge in [0.25, 0.3) is 5.91 Å². The zero-order chi connectivity index (χ0) is 12.0. The summed E-state index contributed by atoms with van der Waals surface area (Å²) >= 11 is 1.07. The van der Waals surface area contributed by atoms with Crippen molar-refractivity contribution in [2.75, 3.05) is 6.54 Å². The number of carboxylic acids is 1. The number of amides is 1. The number of rotatable bonds is 2. The number of carbonyl (C=O) groups is 2. The smallest absolute Gasteiger partial charge is 0.345 e. The van der Waals surface area contributed by atoms with Crippen LogP contribution in [0.3, 0.4) is 0 Å². The Balaban J connectivity index is 1.79. The van der Waals surface area contributed by atoms with Gasteiger partial charge < -0.3 is 10.0 Å². The number of piperidine rings is 1. The van der Waals surface area contributed by atoms with E-state index in [2.05, 4.69) is 0 Å². The summed E-state index contributed by atoms with van der Waals surface area (Å²) in [7, 11) is 0. The van der Waals surface area contributed by atoms with Crippen LogP contribution in [0.1, 0.15) is 38.6 Å². The van der Waals surface area contributed by atoms with Crippen molar-refractivity contribution in [1.29, 1.82) is 0 Å².